The van der Waals surface area contributed by atoms with Crippen LogP contribution in [0.3, 0.4) is 0 Å². The molecule has 4 rings (SSSR count). The molecule has 1 aromatic heterocycles. The summed E-state index contributed by atoms with van der Waals surface area (Å²) in [6.07, 6.45) is 4.47. The zero-order valence-electron chi connectivity index (χ0n) is 13.2. The highest BCUT2D eigenvalue weighted by Gasteiger charge is 2.51. The smallest absolute Gasteiger partial charge is 0.258 e. The van der Waals surface area contributed by atoms with Crippen molar-refractivity contribution in [3.8, 4) is 11.3 Å². The van der Waals surface area contributed by atoms with Crippen LogP contribution in [0.1, 0.15) is 24.0 Å². The Bertz CT molecular complexity index is 869. The Hall–Kier alpha value is -1.98. The highest BCUT2D eigenvalue weighted by atomic mass is 35.5. The van der Waals surface area contributed by atoms with Gasteiger partial charge in [0.25, 0.3) is 5.91 Å². The summed E-state index contributed by atoms with van der Waals surface area (Å²) < 4.78 is 0. The molecule has 0 saturated carbocycles. The Kier molecular flexibility index (Phi) is 3.58. The first-order valence-electron chi connectivity index (χ1n) is 7.87. The minimum atomic E-state index is -0.754. The number of amides is 1. The van der Waals surface area contributed by atoms with E-state index >= 15 is 0 Å². The zero-order chi connectivity index (χ0) is 16.9. The summed E-state index contributed by atoms with van der Waals surface area (Å²) in [4.78, 5) is 19.0. The molecule has 1 spiro atoms. The van der Waals surface area contributed by atoms with Gasteiger partial charge in [0, 0.05) is 23.8 Å². The van der Waals surface area contributed by atoms with Crippen molar-refractivity contribution < 1.29 is 4.79 Å². The summed E-state index contributed by atoms with van der Waals surface area (Å²) in [7, 11) is 1.72. The second-order valence-corrected chi connectivity index (χ2v) is 7.11. The SMILES string of the molecule is CN1C(=O)C2(CCCc3cnc(-c4cccc(Cl)c4)cc32)NC1=S. The fourth-order valence-electron chi connectivity index (χ4n) is 3.61. The van der Waals surface area contributed by atoms with E-state index in [2.05, 4.69) is 10.3 Å². The number of fused-ring (bicyclic) bond motifs is 2. The fourth-order valence-corrected chi connectivity index (χ4v) is 4.06. The topological polar surface area (TPSA) is 45.2 Å². The second-order valence-electron chi connectivity index (χ2n) is 6.29. The first kappa shape index (κ1) is 15.5. The van der Waals surface area contributed by atoms with E-state index in [-0.39, 0.29) is 5.91 Å². The van der Waals surface area contributed by atoms with Gasteiger partial charge in [-0.2, -0.15) is 0 Å². The molecular weight excluding hydrogens is 342 g/mol. The molecule has 1 N–H and O–H groups in total. The van der Waals surface area contributed by atoms with E-state index in [4.69, 9.17) is 23.8 Å². The van der Waals surface area contributed by atoms with Crippen LogP contribution in [0, 0.1) is 0 Å². The number of hydrogen-bond donors (Lipinski definition) is 1. The maximum absolute atomic E-state index is 12.9. The Labute approximate surface area is 150 Å². The van der Waals surface area contributed by atoms with E-state index in [0.717, 1.165) is 41.6 Å². The fraction of sp³-hybridized carbons (Fsp3) is 0.278. The van der Waals surface area contributed by atoms with Gasteiger partial charge >= 0.3 is 0 Å². The van der Waals surface area contributed by atoms with Gasteiger partial charge in [-0.05, 0) is 60.8 Å². The van der Waals surface area contributed by atoms with Crippen molar-refractivity contribution in [2.75, 3.05) is 7.05 Å². The summed E-state index contributed by atoms with van der Waals surface area (Å²) in [6, 6.07) is 9.59. The van der Waals surface area contributed by atoms with E-state index in [9.17, 15) is 4.79 Å². The van der Waals surface area contributed by atoms with E-state index < -0.39 is 5.54 Å². The van der Waals surface area contributed by atoms with E-state index in [1.54, 1.807) is 7.05 Å². The first-order valence-corrected chi connectivity index (χ1v) is 8.65. The Balaban J connectivity index is 1.87. The standard InChI is InChI=1S/C18H16ClN3OS/c1-22-16(23)18(21-17(22)24)7-3-5-12-10-20-15(9-14(12)18)11-4-2-6-13(19)8-11/h2,4,6,8-10H,3,5,7H2,1H3,(H,21,24). The van der Waals surface area contributed by atoms with E-state index in [1.807, 2.05) is 36.5 Å². The van der Waals surface area contributed by atoms with Crippen LogP contribution < -0.4 is 5.32 Å². The van der Waals surface area contributed by atoms with Gasteiger partial charge in [-0.15, -0.1) is 0 Å². The molecular formula is C18H16ClN3OS. The molecule has 6 heteroatoms. The maximum Gasteiger partial charge on any atom is 0.258 e. The number of carbonyl (C=O) groups is 1. The molecule has 122 valence electrons. The molecule has 1 aliphatic carbocycles. The molecule has 1 amide bonds. The van der Waals surface area contributed by atoms with Crippen LogP contribution in [0.15, 0.2) is 36.5 Å². The van der Waals surface area contributed by atoms with Crippen molar-refractivity contribution in [3.63, 3.8) is 0 Å². The highest BCUT2D eigenvalue weighted by molar-refractivity contribution is 7.80. The molecule has 2 aliphatic rings. The van der Waals surface area contributed by atoms with Crippen molar-refractivity contribution in [1.82, 2.24) is 15.2 Å². The van der Waals surface area contributed by atoms with Gasteiger partial charge in [-0.3, -0.25) is 14.7 Å². The van der Waals surface area contributed by atoms with Crippen molar-refractivity contribution in [2.24, 2.45) is 0 Å². The quantitative estimate of drug-likeness (QED) is 0.795. The Morgan fingerprint density at radius 1 is 1.38 bits per heavy atom. The van der Waals surface area contributed by atoms with Crippen molar-refractivity contribution in [3.05, 3.63) is 52.7 Å². The van der Waals surface area contributed by atoms with E-state index in [1.165, 1.54) is 4.90 Å². The molecule has 24 heavy (non-hydrogen) atoms. The number of carbonyl (C=O) groups excluding carboxylic acids is 1. The number of aromatic nitrogens is 1. The number of thiocarbonyl (C=S) groups is 1. The molecule has 1 atom stereocenters. The third-order valence-corrected chi connectivity index (χ3v) is 5.47. The van der Waals surface area contributed by atoms with Crippen LogP contribution >= 0.6 is 23.8 Å². The number of nitrogens with one attached hydrogen (secondary N) is 1. The van der Waals surface area contributed by atoms with E-state index in [0.29, 0.717) is 10.1 Å². The van der Waals surface area contributed by atoms with Crippen molar-refractivity contribution >= 4 is 34.8 Å². The molecule has 1 aromatic carbocycles. The third kappa shape index (κ3) is 2.23. The monoisotopic (exact) mass is 357 g/mol. The van der Waals surface area contributed by atoms with Crippen LogP contribution in [0.4, 0.5) is 0 Å². The molecule has 1 aliphatic heterocycles. The van der Waals surface area contributed by atoms with Crippen molar-refractivity contribution in [1.29, 1.82) is 0 Å². The molecule has 1 unspecified atom stereocenters. The number of rotatable bonds is 1. The Morgan fingerprint density at radius 2 is 2.21 bits per heavy atom. The first-order chi connectivity index (χ1) is 11.5. The number of hydrogen-bond acceptors (Lipinski definition) is 3. The largest absolute Gasteiger partial charge is 0.344 e. The lowest BCUT2D eigenvalue weighted by atomic mass is 9.76. The average Bonchev–Trinajstić information content (AvgIpc) is 2.80. The Morgan fingerprint density at radius 3 is 2.92 bits per heavy atom. The van der Waals surface area contributed by atoms with Crippen LogP contribution in [-0.4, -0.2) is 28.0 Å². The predicted octanol–water partition coefficient (Wildman–Crippen LogP) is 3.28. The van der Waals surface area contributed by atoms with Gasteiger partial charge in [-0.25, -0.2) is 0 Å². The molecule has 0 radical (unpaired) electrons. The summed E-state index contributed by atoms with van der Waals surface area (Å²) in [5.74, 6) is 0.0108. The summed E-state index contributed by atoms with van der Waals surface area (Å²) in [5, 5.41) is 4.41. The molecule has 2 aromatic rings. The minimum absolute atomic E-state index is 0.0108. The number of nitrogens with zero attached hydrogens (tertiary/aromatic N) is 2. The summed E-state index contributed by atoms with van der Waals surface area (Å²) in [5.41, 5.74) is 3.08. The molecule has 0 bridgehead atoms. The lowest BCUT2D eigenvalue weighted by molar-refractivity contribution is -0.131. The number of likely N-dealkylation sites (N-methyl/N-ethyl adjacent to an activating group) is 1. The van der Waals surface area contributed by atoms with Crippen LogP contribution in [-0.2, 0) is 16.8 Å². The molecule has 4 nitrogen and oxygen atoms in total. The normalized spacial score (nSPS) is 22.7. The number of pyridine rings is 1. The number of halogens is 1. The lowest BCUT2D eigenvalue weighted by Gasteiger charge is -2.33. The number of benzene rings is 1. The third-order valence-electron chi connectivity index (χ3n) is 4.86. The van der Waals surface area contributed by atoms with Crippen molar-refractivity contribution in [2.45, 2.75) is 24.8 Å². The summed E-state index contributed by atoms with van der Waals surface area (Å²) >= 11 is 11.4. The van der Waals surface area contributed by atoms with Gasteiger partial charge in [0.2, 0.25) is 0 Å². The second kappa shape index (κ2) is 5.53. The molecule has 1 fully saturated rings. The molecule has 1 saturated heterocycles. The highest BCUT2D eigenvalue weighted by Crippen LogP contribution is 2.40. The van der Waals surface area contributed by atoms with Crippen LogP contribution in [0.2, 0.25) is 5.02 Å². The summed E-state index contributed by atoms with van der Waals surface area (Å²) in [6.45, 7) is 0. The van der Waals surface area contributed by atoms with Crippen LogP contribution in [0.5, 0.6) is 0 Å². The predicted molar refractivity (Wildman–Crippen MR) is 97.8 cm³/mol. The van der Waals surface area contributed by atoms with Gasteiger partial charge in [0.05, 0.1) is 5.69 Å². The maximum atomic E-state index is 12.9. The molecule has 2 heterocycles. The average molecular weight is 358 g/mol. The van der Waals surface area contributed by atoms with Gasteiger partial charge in [-0.1, -0.05) is 23.7 Å². The lowest BCUT2D eigenvalue weighted by Crippen LogP contribution is -2.46. The minimum Gasteiger partial charge on any atom is -0.344 e. The van der Waals surface area contributed by atoms with Gasteiger partial charge in [0.1, 0.15) is 5.54 Å². The van der Waals surface area contributed by atoms with Gasteiger partial charge < -0.3 is 5.32 Å². The van der Waals surface area contributed by atoms with Gasteiger partial charge in [0.15, 0.2) is 5.11 Å². The zero-order valence-corrected chi connectivity index (χ0v) is 14.7. The number of aryl methyl sites for hydroxylation is 1. The van der Waals surface area contributed by atoms with Crippen LogP contribution in [0.25, 0.3) is 11.3 Å².